The maximum Gasteiger partial charge on any atom is 0.279 e. The second kappa shape index (κ2) is 8.66. The van der Waals surface area contributed by atoms with Crippen LogP contribution in [0.3, 0.4) is 0 Å². The van der Waals surface area contributed by atoms with Crippen molar-refractivity contribution in [2.24, 2.45) is 0 Å². The fourth-order valence-corrected chi connectivity index (χ4v) is 2.50. The first-order valence-electron chi connectivity index (χ1n) is 8.25. The van der Waals surface area contributed by atoms with Crippen molar-refractivity contribution in [3.05, 3.63) is 76.8 Å². The van der Waals surface area contributed by atoms with Gasteiger partial charge >= 0.3 is 0 Å². The number of hydrogen-bond donors (Lipinski definition) is 2. The van der Waals surface area contributed by atoms with Gasteiger partial charge in [-0.25, -0.2) is 9.07 Å². The Balaban J connectivity index is 1.54. The van der Waals surface area contributed by atoms with Crippen molar-refractivity contribution >= 4 is 27.7 Å². The smallest absolute Gasteiger partial charge is 0.279 e. The van der Waals surface area contributed by atoms with E-state index in [0.29, 0.717) is 5.75 Å². The molecule has 9 heteroatoms. The van der Waals surface area contributed by atoms with Crippen LogP contribution in [0.2, 0.25) is 0 Å². The van der Waals surface area contributed by atoms with Crippen molar-refractivity contribution in [3.63, 3.8) is 0 Å². The molecule has 144 valence electrons. The molecule has 1 atom stereocenters. The molecule has 28 heavy (non-hydrogen) atoms. The molecule has 2 N–H and O–H groups in total. The summed E-state index contributed by atoms with van der Waals surface area (Å²) in [6.07, 6.45) is 2.04. The zero-order valence-electron chi connectivity index (χ0n) is 14.7. The highest BCUT2D eigenvalue weighted by molar-refractivity contribution is 9.10. The van der Waals surface area contributed by atoms with Crippen molar-refractivity contribution in [2.45, 2.75) is 13.0 Å². The SMILES string of the molecule is CC(Oc1ccc(F)cc1)C(=O)NNC(=O)c1cnn(-c2ccc(Br)cc2)c1. The van der Waals surface area contributed by atoms with Crippen molar-refractivity contribution in [1.82, 2.24) is 20.6 Å². The Labute approximate surface area is 168 Å². The highest BCUT2D eigenvalue weighted by Crippen LogP contribution is 2.14. The van der Waals surface area contributed by atoms with Crippen molar-refractivity contribution < 1.29 is 18.7 Å². The lowest BCUT2D eigenvalue weighted by Crippen LogP contribution is -2.47. The molecule has 0 saturated carbocycles. The molecule has 0 bridgehead atoms. The molecular formula is C19H16BrFN4O3. The minimum atomic E-state index is -0.892. The molecule has 0 spiro atoms. The lowest BCUT2D eigenvalue weighted by Gasteiger charge is -2.14. The zero-order chi connectivity index (χ0) is 20.1. The average molecular weight is 447 g/mol. The number of benzene rings is 2. The average Bonchev–Trinajstić information content (AvgIpc) is 3.18. The monoisotopic (exact) mass is 446 g/mol. The molecule has 2 aromatic carbocycles. The quantitative estimate of drug-likeness (QED) is 0.589. The van der Waals surface area contributed by atoms with E-state index in [1.165, 1.54) is 37.4 Å². The number of hydrogen-bond acceptors (Lipinski definition) is 4. The fourth-order valence-electron chi connectivity index (χ4n) is 2.24. The van der Waals surface area contributed by atoms with Gasteiger partial charge in [-0.1, -0.05) is 15.9 Å². The molecule has 0 aliphatic carbocycles. The molecule has 1 unspecified atom stereocenters. The van der Waals surface area contributed by atoms with Crippen molar-refractivity contribution in [3.8, 4) is 11.4 Å². The first-order chi connectivity index (χ1) is 13.4. The Morgan fingerprint density at radius 1 is 1.11 bits per heavy atom. The van der Waals surface area contributed by atoms with E-state index in [-0.39, 0.29) is 5.56 Å². The number of ether oxygens (including phenoxy) is 1. The van der Waals surface area contributed by atoms with Crippen LogP contribution in [0, 0.1) is 5.82 Å². The summed E-state index contributed by atoms with van der Waals surface area (Å²) in [6, 6.07) is 12.7. The number of carbonyl (C=O) groups is 2. The molecule has 0 aliphatic rings. The molecule has 0 aliphatic heterocycles. The highest BCUT2D eigenvalue weighted by Gasteiger charge is 2.16. The summed E-state index contributed by atoms with van der Waals surface area (Å²) in [4.78, 5) is 24.3. The molecule has 7 nitrogen and oxygen atoms in total. The van der Waals surface area contributed by atoms with Crippen LogP contribution in [0.1, 0.15) is 17.3 Å². The number of aromatic nitrogens is 2. The molecule has 0 fully saturated rings. The Morgan fingerprint density at radius 2 is 1.79 bits per heavy atom. The van der Waals surface area contributed by atoms with Gasteiger partial charge in [-0.05, 0) is 55.5 Å². The van der Waals surface area contributed by atoms with Crippen LogP contribution in [0.15, 0.2) is 65.4 Å². The Morgan fingerprint density at radius 3 is 2.46 bits per heavy atom. The fraction of sp³-hybridized carbons (Fsp3) is 0.105. The number of amides is 2. The summed E-state index contributed by atoms with van der Waals surface area (Å²) in [5.41, 5.74) is 5.66. The molecule has 3 aromatic rings. The number of nitrogens with zero attached hydrogens (tertiary/aromatic N) is 2. The van der Waals surface area contributed by atoms with Crippen LogP contribution in [0.4, 0.5) is 4.39 Å². The number of halogens is 2. The van der Waals surface area contributed by atoms with Gasteiger partial charge in [0.1, 0.15) is 11.6 Å². The lowest BCUT2D eigenvalue weighted by molar-refractivity contribution is -0.128. The van der Waals surface area contributed by atoms with Gasteiger partial charge in [0, 0.05) is 10.7 Å². The standard InChI is InChI=1S/C19H16BrFN4O3/c1-12(28-17-8-4-15(21)5-9-17)18(26)23-24-19(27)13-10-22-25(11-13)16-6-2-14(20)3-7-16/h2-12H,1H3,(H,23,26)(H,24,27). The van der Waals surface area contributed by atoms with E-state index in [2.05, 4.69) is 31.9 Å². The van der Waals surface area contributed by atoms with Gasteiger partial charge in [0.05, 0.1) is 17.4 Å². The van der Waals surface area contributed by atoms with E-state index in [4.69, 9.17) is 4.74 Å². The molecule has 0 saturated heterocycles. The van der Waals surface area contributed by atoms with Crippen LogP contribution < -0.4 is 15.6 Å². The normalized spacial score (nSPS) is 11.5. The third-order valence-electron chi connectivity index (χ3n) is 3.73. The second-order valence-corrected chi connectivity index (χ2v) is 6.72. The third kappa shape index (κ3) is 4.95. The minimum Gasteiger partial charge on any atom is -0.481 e. The molecule has 3 rings (SSSR count). The number of hydrazine groups is 1. The zero-order valence-corrected chi connectivity index (χ0v) is 16.3. The molecule has 2 amide bonds. The first kappa shape index (κ1) is 19.6. The van der Waals surface area contributed by atoms with Crippen LogP contribution in [0.5, 0.6) is 5.75 Å². The topological polar surface area (TPSA) is 85.2 Å². The Hall–Kier alpha value is -3.20. The summed E-state index contributed by atoms with van der Waals surface area (Å²) in [5.74, 6) is -1.14. The summed E-state index contributed by atoms with van der Waals surface area (Å²) in [5, 5.41) is 4.13. The van der Waals surface area contributed by atoms with Gasteiger partial charge in [-0.3, -0.25) is 20.4 Å². The molecule has 0 radical (unpaired) electrons. The number of rotatable bonds is 5. The third-order valence-corrected chi connectivity index (χ3v) is 4.26. The maximum atomic E-state index is 12.9. The summed E-state index contributed by atoms with van der Waals surface area (Å²) in [7, 11) is 0. The lowest BCUT2D eigenvalue weighted by atomic mass is 10.3. The van der Waals surface area contributed by atoms with Crippen LogP contribution in [-0.2, 0) is 4.79 Å². The van der Waals surface area contributed by atoms with Crippen molar-refractivity contribution in [2.75, 3.05) is 0 Å². The molecular weight excluding hydrogens is 431 g/mol. The number of carbonyl (C=O) groups excluding carboxylic acids is 2. The van der Waals surface area contributed by atoms with Gasteiger partial charge < -0.3 is 4.74 Å². The Bertz CT molecular complexity index is 974. The van der Waals surface area contributed by atoms with Crippen LogP contribution in [-0.4, -0.2) is 27.7 Å². The molecule has 1 aromatic heterocycles. The second-order valence-electron chi connectivity index (χ2n) is 5.81. The van der Waals surface area contributed by atoms with Crippen molar-refractivity contribution in [1.29, 1.82) is 0 Å². The van der Waals surface area contributed by atoms with E-state index in [0.717, 1.165) is 10.2 Å². The van der Waals surface area contributed by atoms with Gasteiger partial charge in [0.25, 0.3) is 11.8 Å². The van der Waals surface area contributed by atoms with Gasteiger partial charge in [-0.15, -0.1) is 0 Å². The van der Waals surface area contributed by atoms with Crippen LogP contribution in [0.25, 0.3) is 5.69 Å². The summed E-state index contributed by atoms with van der Waals surface area (Å²) < 4.78 is 20.8. The predicted octanol–water partition coefficient (Wildman–Crippen LogP) is 3.00. The van der Waals surface area contributed by atoms with E-state index < -0.39 is 23.7 Å². The summed E-state index contributed by atoms with van der Waals surface area (Å²) >= 11 is 3.36. The molecule has 1 heterocycles. The largest absolute Gasteiger partial charge is 0.481 e. The predicted molar refractivity (Wildman–Crippen MR) is 103 cm³/mol. The Kier molecular flexibility index (Phi) is 6.05. The first-order valence-corrected chi connectivity index (χ1v) is 9.05. The van der Waals surface area contributed by atoms with E-state index in [1.807, 2.05) is 24.3 Å². The number of nitrogens with one attached hydrogen (secondary N) is 2. The van der Waals surface area contributed by atoms with Gasteiger partial charge in [0.15, 0.2) is 6.10 Å². The van der Waals surface area contributed by atoms with Crippen LogP contribution >= 0.6 is 15.9 Å². The summed E-state index contributed by atoms with van der Waals surface area (Å²) in [6.45, 7) is 1.51. The minimum absolute atomic E-state index is 0.273. The van der Waals surface area contributed by atoms with E-state index in [9.17, 15) is 14.0 Å². The highest BCUT2D eigenvalue weighted by atomic mass is 79.9. The van der Waals surface area contributed by atoms with E-state index >= 15 is 0 Å². The van der Waals surface area contributed by atoms with Gasteiger partial charge in [0.2, 0.25) is 0 Å². The van der Waals surface area contributed by atoms with Gasteiger partial charge in [-0.2, -0.15) is 5.10 Å². The van der Waals surface area contributed by atoms with E-state index in [1.54, 1.807) is 10.9 Å². The maximum absolute atomic E-state index is 12.9.